The van der Waals surface area contributed by atoms with E-state index in [1.807, 2.05) is 0 Å². The summed E-state index contributed by atoms with van der Waals surface area (Å²) < 4.78 is 5.29. The number of hydrogen-bond donors (Lipinski definition) is 1. The number of halogens is 1. The number of aromatic hydroxyl groups is 1. The van der Waals surface area contributed by atoms with Crippen LogP contribution in [-0.2, 0) is 4.79 Å². The molecule has 1 aromatic rings. The molecule has 1 N–H and O–H groups in total. The van der Waals surface area contributed by atoms with Gasteiger partial charge >= 0.3 is 5.97 Å². The van der Waals surface area contributed by atoms with Gasteiger partial charge in [-0.05, 0) is 51.2 Å². The Balaban J connectivity index is 1.99. The topological polar surface area (TPSA) is 46.5 Å². The Labute approximate surface area is 182 Å². The van der Waals surface area contributed by atoms with Crippen molar-refractivity contribution in [2.45, 2.75) is 104 Å². The molecular weight excluding hydrogens is 384 g/mol. The Morgan fingerprint density at radius 2 is 1.48 bits per heavy atom. The van der Waals surface area contributed by atoms with E-state index in [2.05, 4.69) is 19.1 Å². The third-order valence-corrected chi connectivity index (χ3v) is 5.59. The third-order valence-electron chi connectivity index (χ3n) is 5.18. The molecule has 0 bridgehead atoms. The van der Waals surface area contributed by atoms with Gasteiger partial charge < -0.3 is 9.84 Å². The van der Waals surface area contributed by atoms with Crippen LogP contribution in [0.1, 0.15) is 102 Å². The summed E-state index contributed by atoms with van der Waals surface area (Å²) in [5.74, 6) is -0.191. The van der Waals surface area contributed by atoms with E-state index >= 15 is 0 Å². The van der Waals surface area contributed by atoms with E-state index in [0.29, 0.717) is 17.0 Å². The van der Waals surface area contributed by atoms with Crippen molar-refractivity contribution in [3.63, 3.8) is 0 Å². The van der Waals surface area contributed by atoms with Crippen molar-refractivity contribution in [3.05, 3.63) is 34.9 Å². The number of phenols is 1. The zero-order valence-electron chi connectivity index (χ0n) is 18.4. The molecule has 1 rings (SSSR count). The Kier molecular flexibility index (Phi) is 14.4. The van der Waals surface area contributed by atoms with Crippen LogP contribution in [0.2, 0.25) is 5.02 Å². The highest BCUT2D eigenvalue weighted by Crippen LogP contribution is 2.34. The van der Waals surface area contributed by atoms with Crippen LogP contribution in [0, 0.1) is 6.92 Å². The van der Waals surface area contributed by atoms with Gasteiger partial charge in [0.25, 0.3) is 0 Å². The lowest BCUT2D eigenvalue weighted by atomic mass is 10.1. The minimum atomic E-state index is -0.316. The maximum Gasteiger partial charge on any atom is 0.311 e. The third kappa shape index (κ3) is 12.0. The normalized spacial score (nSPS) is 11.3. The predicted octanol–water partition coefficient (Wildman–Crippen LogP) is 8.30. The second kappa shape index (κ2) is 16.3. The molecule has 0 aliphatic carbocycles. The van der Waals surface area contributed by atoms with E-state index < -0.39 is 0 Å². The van der Waals surface area contributed by atoms with E-state index in [1.54, 1.807) is 13.0 Å². The lowest BCUT2D eigenvalue weighted by Gasteiger charge is -2.10. The molecule has 4 heteroatoms. The summed E-state index contributed by atoms with van der Waals surface area (Å²) in [6, 6.07) is 3.04. The van der Waals surface area contributed by atoms with Gasteiger partial charge in [0.15, 0.2) is 11.5 Å². The molecule has 3 nitrogen and oxygen atoms in total. The highest BCUT2D eigenvalue weighted by Gasteiger charge is 2.13. The van der Waals surface area contributed by atoms with E-state index in [9.17, 15) is 9.90 Å². The monoisotopic (exact) mass is 422 g/mol. The summed E-state index contributed by atoms with van der Waals surface area (Å²) in [5.41, 5.74) is 0.588. The van der Waals surface area contributed by atoms with Crippen LogP contribution >= 0.6 is 11.6 Å². The summed E-state index contributed by atoms with van der Waals surface area (Å²) in [6.45, 7) is 3.99. The van der Waals surface area contributed by atoms with Gasteiger partial charge in [-0.3, -0.25) is 4.79 Å². The summed E-state index contributed by atoms with van der Waals surface area (Å²) in [4.78, 5) is 12.0. The molecule has 0 atom stereocenters. The van der Waals surface area contributed by atoms with Gasteiger partial charge in [-0.25, -0.2) is 0 Å². The highest BCUT2D eigenvalue weighted by atomic mass is 35.5. The number of carbonyl (C=O) groups is 1. The van der Waals surface area contributed by atoms with Gasteiger partial charge in [0.1, 0.15) is 0 Å². The van der Waals surface area contributed by atoms with Crippen molar-refractivity contribution in [3.8, 4) is 11.5 Å². The first kappa shape index (κ1) is 25.6. The molecule has 0 fully saturated rings. The summed E-state index contributed by atoms with van der Waals surface area (Å²) in [5, 5.41) is 10.3. The molecule has 29 heavy (non-hydrogen) atoms. The quantitative estimate of drug-likeness (QED) is 0.126. The zero-order valence-corrected chi connectivity index (χ0v) is 19.1. The molecule has 0 unspecified atom stereocenters. The number of hydrogen-bond acceptors (Lipinski definition) is 3. The maximum atomic E-state index is 12.0. The molecule has 0 saturated heterocycles. The van der Waals surface area contributed by atoms with Gasteiger partial charge in [-0.1, -0.05) is 82.0 Å². The fraction of sp³-hybridized carbons (Fsp3) is 0.640. The second-order valence-electron chi connectivity index (χ2n) is 7.83. The molecule has 0 aliphatic heterocycles. The lowest BCUT2D eigenvalue weighted by Crippen LogP contribution is -2.08. The molecule has 0 aromatic heterocycles. The predicted molar refractivity (Wildman–Crippen MR) is 123 cm³/mol. The summed E-state index contributed by atoms with van der Waals surface area (Å²) in [7, 11) is 0. The number of esters is 1. The average molecular weight is 423 g/mol. The SMILES string of the molecule is CCCCCCCC/C=C\CCCCCCCC(=O)Oc1c(O)ccc(Cl)c1C. The number of unbranched alkanes of at least 4 members (excludes halogenated alkanes) is 11. The van der Waals surface area contributed by atoms with E-state index in [1.165, 1.54) is 63.9 Å². The molecule has 0 amide bonds. The maximum absolute atomic E-state index is 12.0. The minimum absolute atomic E-state index is 0.0511. The summed E-state index contributed by atoms with van der Waals surface area (Å²) >= 11 is 6.01. The van der Waals surface area contributed by atoms with Crippen LogP contribution in [0.3, 0.4) is 0 Å². The van der Waals surface area contributed by atoms with Crippen molar-refractivity contribution in [1.82, 2.24) is 0 Å². The molecule has 0 aliphatic rings. The Morgan fingerprint density at radius 1 is 0.931 bits per heavy atom. The molecule has 0 heterocycles. The van der Waals surface area contributed by atoms with Gasteiger partial charge in [0, 0.05) is 17.0 Å². The van der Waals surface area contributed by atoms with E-state index in [-0.39, 0.29) is 17.5 Å². The van der Waals surface area contributed by atoms with Crippen molar-refractivity contribution in [2.24, 2.45) is 0 Å². The van der Waals surface area contributed by atoms with Gasteiger partial charge in [-0.2, -0.15) is 0 Å². The number of rotatable bonds is 16. The van der Waals surface area contributed by atoms with Crippen LogP contribution in [0.5, 0.6) is 11.5 Å². The smallest absolute Gasteiger partial charge is 0.311 e. The Bertz CT molecular complexity index is 610. The number of carbonyl (C=O) groups excluding carboxylic acids is 1. The van der Waals surface area contributed by atoms with Crippen LogP contribution in [-0.4, -0.2) is 11.1 Å². The van der Waals surface area contributed by atoms with Gasteiger partial charge in [-0.15, -0.1) is 0 Å². The number of ether oxygens (including phenoxy) is 1. The number of benzene rings is 1. The average Bonchev–Trinajstić information content (AvgIpc) is 2.71. The fourth-order valence-electron chi connectivity index (χ4n) is 3.29. The molecule has 0 spiro atoms. The van der Waals surface area contributed by atoms with Crippen molar-refractivity contribution < 1.29 is 14.6 Å². The summed E-state index contributed by atoms with van der Waals surface area (Å²) in [6.07, 6.45) is 20.9. The van der Waals surface area contributed by atoms with Crippen LogP contribution in [0.4, 0.5) is 0 Å². The molecule has 1 aromatic carbocycles. The standard InChI is InChI=1S/C25H39ClO3/c1-3-4-5-6-7-8-9-10-11-12-13-14-15-16-17-18-24(28)29-25-21(2)22(26)19-20-23(25)27/h10-11,19-20,27H,3-9,12-18H2,1-2H3/b11-10-. The number of allylic oxidation sites excluding steroid dienone is 2. The largest absolute Gasteiger partial charge is 0.504 e. The lowest BCUT2D eigenvalue weighted by molar-refractivity contribution is -0.134. The molecular formula is C25H39ClO3. The zero-order chi connectivity index (χ0) is 21.3. The van der Waals surface area contributed by atoms with Crippen molar-refractivity contribution in [2.75, 3.05) is 0 Å². The first-order valence-corrected chi connectivity index (χ1v) is 11.8. The van der Waals surface area contributed by atoms with Crippen molar-refractivity contribution >= 4 is 17.6 Å². The minimum Gasteiger partial charge on any atom is -0.504 e. The first-order valence-electron chi connectivity index (χ1n) is 11.4. The Morgan fingerprint density at radius 3 is 2.10 bits per heavy atom. The van der Waals surface area contributed by atoms with Crippen molar-refractivity contribution in [1.29, 1.82) is 0 Å². The van der Waals surface area contributed by atoms with Crippen LogP contribution < -0.4 is 4.74 Å². The molecule has 0 saturated carbocycles. The Hall–Kier alpha value is -1.48. The second-order valence-corrected chi connectivity index (χ2v) is 8.24. The van der Waals surface area contributed by atoms with E-state index in [0.717, 1.165) is 25.7 Å². The van der Waals surface area contributed by atoms with Gasteiger partial charge in [0.2, 0.25) is 0 Å². The number of phenolic OH excluding ortho intramolecular Hbond substituents is 1. The van der Waals surface area contributed by atoms with Crippen LogP contribution in [0.15, 0.2) is 24.3 Å². The van der Waals surface area contributed by atoms with Gasteiger partial charge in [0.05, 0.1) is 0 Å². The van der Waals surface area contributed by atoms with Crippen LogP contribution in [0.25, 0.3) is 0 Å². The molecule has 0 radical (unpaired) electrons. The van der Waals surface area contributed by atoms with E-state index in [4.69, 9.17) is 16.3 Å². The fourth-order valence-corrected chi connectivity index (χ4v) is 3.44. The highest BCUT2D eigenvalue weighted by molar-refractivity contribution is 6.31. The molecule has 164 valence electrons. The first-order chi connectivity index (χ1) is 14.1.